The molecule has 7 nitrogen and oxygen atoms in total. The number of benzene rings is 2. The molecule has 36 heavy (non-hydrogen) atoms. The van der Waals surface area contributed by atoms with Gasteiger partial charge in [0.25, 0.3) is 0 Å². The van der Waals surface area contributed by atoms with Gasteiger partial charge in [-0.15, -0.1) is 0 Å². The number of nitrogens with zero attached hydrogens (tertiary/aromatic N) is 2. The number of hydrogen-bond donors (Lipinski definition) is 1. The summed E-state index contributed by atoms with van der Waals surface area (Å²) >= 11 is 6.18. The van der Waals surface area contributed by atoms with Crippen molar-refractivity contribution in [2.45, 2.75) is 59.0 Å². The van der Waals surface area contributed by atoms with Crippen molar-refractivity contribution < 1.29 is 22.4 Å². The Labute approximate surface area is 218 Å². The van der Waals surface area contributed by atoms with Crippen LogP contribution in [0.15, 0.2) is 42.5 Å². The number of rotatable bonds is 13. The lowest BCUT2D eigenvalue weighted by atomic mass is 10.1. The molecule has 1 N–H and O–H groups in total. The quantitative estimate of drug-likeness (QED) is 0.375. The van der Waals surface area contributed by atoms with Crippen molar-refractivity contribution >= 4 is 39.1 Å². The van der Waals surface area contributed by atoms with Crippen LogP contribution in [0.3, 0.4) is 0 Å². The van der Waals surface area contributed by atoms with Crippen molar-refractivity contribution in [2.24, 2.45) is 0 Å². The molecule has 0 unspecified atom stereocenters. The SMILES string of the molecule is CCCCNC(=O)[C@H](C)N(Cc1ccccc1F)C(=O)CCCN(c1cccc(Cl)c1C)S(C)(=O)=O. The average Bonchev–Trinajstić information content (AvgIpc) is 2.82. The third kappa shape index (κ3) is 8.20. The Morgan fingerprint density at radius 1 is 1.11 bits per heavy atom. The third-order valence-electron chi connectivity index (χ3n) is 5.96. The summed E-state index contributed by atoms with van der Waals surface area (Å²) in [5.74, 6) is -1.15. The largest absolute Gasteiger partial charge is 0.354 e. The van der Waals surface area contributed by atoms with Crippen LogP contribution in [0.4, 0.5) is 10.1 Å². The molecule has 0 aliphatic carbocycles. The minimum Gasteiger partial charge on any atom is -0.354 e. The summed E-state index contributed by atoms with van der Waals surface area (Å²) in [6.07, 6.45) is 3.00. The number of halogens is 2. The number of amides is 2. The van der Waals surface area contributed by atoms with Crippen LogP contribution in [-0.4, -0.2) is 50.5 Å². The van der Waals surface area contributed by atoms with Gasteiger partial charge in [-0.1, -0.05) is 49.2 Å². The maximum Gasteiger partial charge on any atom is 0.242 e. The summed E-state index contributed by atoms with van der Waals surface area (Å²) in [6, 6.07) is 10.3. The van der Waals surface area contributed by atoms with Crippen LogP contribution < -0.4 is 9.62 Å². The van der Waals surface area contributed by atoms with Gasteiger partial charge in [0.15, 0.2) is 0 Å². The number of carbonyl (C=O) groups excluding carboxylic acids is 2. The average molecular weight is 540 g/mol. The second-order valence-corrected chi connectivity index (χ2v) is 11.1. The van der Waals surface area contributed by atoms with Crippen molar-refractivity contribution in [1.29, 1.82) is 0 Å². The predicted molar refractivity (Wildman–Crippen MR) is 142 cm³/mol. The number of hydrogen-bond acceptors (Lipinski definition) is 4. The van der Waals surface area contributed by atoms with E-state index in [0.717, 1.165) is 19.1 Å². The summed E-state index contributed by atoms with van der Waals surface area (Å²) in [4.78, 5) is 27.3. The van der Waals surface area contributed by atoms with E-state index < -0.39 is 21.9 Å². The molecule has 198 valence electrons. The van der Waals surface area contributed by atoms with Crippen LogP contribution in [0.2, 0.25) is 5.02 Å². The van der Waals surface area contributed by atoms with Crippen LogP contribution in [-0.2, 0) is 26.2 Å². The number of nitrogens with one attached hydrogen (secondary N) is 1. The minimum absolute atomic E-state index is 0.0212. The van der Waals surface area contributed by atoms with E-state index >= 15 is 0 Å². The van der Waals surface area contributed by atoms with Crippen LogP contribution in [0.1, 0.15) is 50.7 Å². The van der Waals surface area contributed by atoms with E-state index in [-0.39, 0.29) is 37.7 Å². The second kappa shape index (κ2) is 13.6. The van der Waals surface area contributed by atoms with Gasteiger partial charge in [0.1, 0.15) is 11.9 Å². The Hall–Kier alpha value is -2.65. The van der Waals surface area contributed by atoms with Gasteiger partial charge in [0.2, 0.25) is 21.8 Å². The molecule has 0 aliphatic rings. The second-order valence-electron chi connectivity index (χ2n) is 8.76. The van der Waals surface area contributed by atoms with E-state index in [1.807, 2.05) is 6.92 Å². The molecule has 0 saturated carbocycles. The molecule has 0 fully saturated rings. The molecular formula is C26H35ClFN3O4S. The molecular weight excluding hydrogens is 505 g/mol. The van der Waals surface area contributed by atoms with E-state index in [1.165, 1.54) is 15.3 Å². The Kier molecular flexibility index (Phi) is 11.2. The summed E-state index contributed by atoms with van der Waals surface area (Å²) < 4.78 is 40.6. The topological polar surface area (TPSA) is 86.8 Å². The lowest BCUT2D eigenvalue weighted by Gasteiger charge is -2.30. The lowest BCUT2D eigenvalue weighted by molar-refractivity contribution is -0.140. The highest BCUT2D eigenvalue weighted by Gasteiger charge is 2.27. The molecule has 0 heterocycles. The molecule has 0 bridgehead atoms. The standard InChI is InChI=1S/C26H35ClFN3O4S/c1-5-6-16-29-26(33)20(3)30(18-21-11-7-8-13-23(21)28)25(32)15-10-17-31(36(4,34)35)24-14-9-12-22(27)19(24)2/h7-9,11-14,20H,5-6,10,15-18H2,1-4H3,(H,29,33)/t20-/m0/s1. The van der Waals surface area contributed by atoms with E-state index in [1.54, 1.807) is 50.2 Å². The highest BCUT2D eigenvalue weighted by atomic mass is 35.5. The van der Waals surface area contributed by atoms with Gasteiger partial charge in [-0.05, 0) is 50.5 Å². The van der Waals surface area contributed by atoms with Gasteiger partial charge in [-0.2, -0.15) is 0 Å². The van der Waals surface area contributed by atoms with Gasteiger partial charge in [-0.3, -0.25) is 13.9 Å². The van der Waals surface area contributed by atoms with Crippen molar-refractivity contribution in [3.63, 3.8) is 0 Å². The zero-order chi connectivity index (χ0) is 26.9. The molecule has 0 saturated heterocycles. The molecule has 1 atom stereocenters. The molecule has 0 spiro atoms. The van der Waals surface area contributed by atoms with Gasteiger partial charge >= 0.3 is 0 Å². The summed E-state index contributed by atoms with van der Waals surface area (Å²) in [5.41, 5.74) is 1.37. The zero-order valence-electron chi connectivity index (χ0n) is 21.3. The van der Waals surface area contributed by atoms with Crippen molar-refractivity contribution in [1.82, 2.24) is 10.2 Å². The van der Waals surface area contributed by atoms with Crippen LogP contribution >= 0.6 is 11.6 Å². The number of unbranched alkanes of at least 4 members (excludes halogenated alkanes) is 1. The van der Waals surface area contributed by atoms with E-state index in [2.05, 4.69) is 5.32 Å². The fourth-order valence-electron chi connectivity index (χ4n) is 3.78. The monoisotopic (exact) mass is 539 g/mol. The van der Waals surface area contributed by atoms with Crippen molar-refractivity contribution in [2.75, 3.05) is 23.7 Å². The molecule has 2 aromatic carbocycles. The molecule has 0 aliphatic heterocycles. The first-order chi connectivity index (χ1) is 17.0. The molecule has 10 heteroatoms. The minimum atomic E-state index is -3.64. The first-order valence-electron chi connectivity index (χ1n) is 12.0. The Balaban J connectivity index is 2.19. The Bertz CT molecular complexity index is 1160. The van der Waals surface area contributed by atoms with Gasteiger partial charge in [-0.25, -0.2) is 12.8 Å². The number of carbonyl (C=O) groups is 2. The fraction of sp³-hybridized carbons (Fsp3) is 0.462. The van der Waals surface area contributed by atoms with Gasteiger partial charge in [0.05, 0.1) is 11.9 Å². The number of sulfonamides is 1. The molecule has 0 aromatic heterocycles. The molecule has 2 amide bonds. The highest BCUT2D eigenvalue weighted by molar-refractivity contribution is 7.92. The molecule has 2 aromatic rings. The third-order valence-corrected chi connectivity index (χ3v) is 7.54. The zero-order valence-corrected chi connectivity index (χ0v) is 22.8. The maximum atomic E-state index is 14.4. The Morgan fingerprint density at radius 2 is 1.81 bits per heavy atom. The van der Waals surface area contributed by atoms with Gasteiger partial charge in [0, 0.05) is 36.6 Å². The van der Waals surface area contributed by atoms with Crippen molar-refractivity contribution in [3.05, 3.63) is 64.4 Å². The van der Waals surface area contributed by atoms with Crippen molar-refractivity contribution in [3.8, 4) is 0 Å². The van der Waals surface area contributed by atoms with E-state index in [0.29, 0.717) is 28.4 Å². The fourth-order valence-corrected chi connectivity index (χ4v) is 4.96. The van der Waals surface area contributed by atoms with Crippen LogP contribution in [0.25, 0.3) is 0 Å². The predicted octanol–water partition coefficient (Wildman–Crippen LogP) is 4.67. The van der Waals surface area contributed by atoms with E-state index in [9.17, 15) is 22.4 Å². The maximum absolute atomic E-state index is 14.4. The van der Waals surface area contributed by atoms with Gasteiger partial charge < -0.3 is 10.2 Å². The summed E-state index contributed by atoms with van der Waals surface area (Å²) in [7, 11) is -3.64. The van der Waals surface area contributed by atoms with Crippen LogP contribution in [0.5, 0.6) is 0 Å². The van der Waals surface area contributed by atoms with E-state index in [4.69, 9.17) is 11.6 Å². The smallest absolute Gasteiger partial charge is 0.242 e. The Morgan fingerprint density at radius 3 is 2.44 bits per heavy atom. The number of anilines is 1. The lowest BCUT2D eigenvalue weighted by Crippen LogP contribution is -2.48. The molecule has 0 radical (unpaired) electrons. The van der Waals surface area contributed by atoms with Crippen LogP contribution in [0, 0.1) is 12.7 Å². The first kappa shape index (κ1) is 29.6. The normalized spacial score (nSPS) is 12.2. The first-order valence-corrected chi connectivity index (χ1v) is 14.2. The highest BCUT2D eigenvalue weighted by Crippen LogP contribution is 2.28. The molecule has 2 rings (SSSR count). The summed E-state index contributed by atoms with van der Waals surface area (Å²) in [5, 5.41) is 3.26. The summed E-state index contributed by atoms with van der Waals surface area (Å²) in [6.45, 7) is 5.82.